The van der Waals surface area contributed by atoms with Crippen LogP contribution in [0.3, 0.4) is 0 Å². The monoisotopic (exact) mass is 181 g/mol. The molecule has 0 N–H and O–H groups in total. The van der Waals surface area contributed by atoms with Crippen molar-refractivity contribution in [2.24, 2.45) is 17.3 Å². The summed E-state index contributed by atoms with van der Waals surface area (Å²) in [5, 5.41) is 0. The van der Waals surface area contributed by atoms with Gasteiger partial charge in [-0.1, -0.05) is 26.7 Å². The normalized spacial score (nSPS) is 47.3. The van der Waals surface area contributed by atoms with Crippen LogP contribution in [0.15, 0.2) is 0 Å². The molecule has 0 aromatic heterocycles. The summed E-state index contributed by atoms with van der Waals surface area (Å²) >= 11 is 0. The van der Waals surface area contributed by atoms with Crippen molar-refractivity contribution in [1.82, 2.24) is 4.90 Å². The molecule has 1 saturated carbocycles. The maximum Gasteiger partial charge on any atom is 0.00381 e. The molecule has 13 heavy (non-hydrogen) atoms. The van der Waals surface area contributed by atoms with Gasteiger partial charge in [-0.15, -0.1) is 0 Å². The predicted molar refractivity (Wildman–Crippen MR) is 56.7 cm³/mol. The first-order valence-electron chi connectivity index (χ1n) is 5.83. The summed E-state index contributed by atoms with van der Waals surface area (Å²) < 4.78 is 0. The lowest BCUT2D eigenvalue weighted by Gasteiger charge is -2.43. The van der Waals surface area contributed by atoms with Crippen molar-refractivity contribution in [2.45, 2.75) is 39.5 Å². The third-order valence-corrected chi connectivity index (χ3v) is 4.73. The minimum atomic E-state index is 0.701. The number of rotatable bonds is 0. The van der Waals surface area contributed by atoms with Gasteiger partial charge in [0.1, 0.15) is 0 Å². The highest BCUT2D eigenvalue weighted by atomic mass is 15.1. The predicted octanol–water partition coefficient (Wildman–Crippen LogP) is 2.76. The standard InChI is InChI=1S/C12H23N/c1-10-5-4-6-12(11(10)2)7-8-13(3)9-12/h10-11H,4-9H2,1-3H3. The van der Waals surface area contributed by atoms with Gasteiger partial charge in [0, 0.05) is 6.54 Å². The van der Waals surface area contributed by atoms with Gasteiger partial charge in [-0.05, 0) is 43.7 Å². The van der Waals surface area contributed by atoms with E-state index in [1.165, 1.54) is 38.8 Å². The van der Waals surface area contributed by atoms with Crippen molar-refractivity contribution in [3.8, 4) is 0 Å². The molecule has 1 spiro atoms. The van der Waals surface area contributed by atoms with Crippen LogP contribution in [0.2, 0.25) is 0 Å². The van der Waals surface area contributed by atoms with Gasteiger partial charge in [0.15, 0.2) is 0 Å². The summed E-state index contributed by atoms with van der Waals surface area (Å²) in [6, 6.07) is 0. The van der Waals surface area contributed by atoms with Crippen molar-refractivity contribution in [3.63, 3.8) is 0 Å². The molecule has 2 fully saturated rings. The van der Waals surface area contributed by atoms with Crippen molar-refractivity contribution >= 4 is 0 Å². The minimum absolute atomic E-state index is 0.701. The Balaban J connectivity index is 2.12. The highest BCUT2D eigenvalue weighted by Gasteiger charge is 2.44. The van der Waals surface area contributed by atoms with Crippen molar-refractivity contribution in [2.75, 3.05) is 20.1 Å². The molecule has 2 rings (SSSR count). The quantitative estimate of drug-likeness (QED) is 0.555. The van der Waals surface area contributed by atoms with E-state index in [1.54, 1.807) is 0 Å². The van der Waals surface area contributed by atoms with E-state index in [1.807, 2.05) is 0 Å². The third-order valence-electron chi connectivity index (χ3n) is 4.73. The molecule has 0 amide bonds. The van der Waals surface area contributed by atoms with Crippen LogP contribution in [0.25, 0.3) is 0 Å². The summed E-state index contributed by atoms with van der Waals surface area (Å²) in [5.74, 6) is 1.91. The van der Waals surface area contributed by atoms with Crippen molar-refractivity contribution in [1.29, 1.82) is 0 Å². The SMILES string of the molecule is CC1CCCC2(CCN(C)C2)C1C. The van der Waals surface area contributed by atoms with Gasteiger partial charge in [0.25, 0.3) is 0 Å². The molecule has 1 heteroatoms. The zero-order chi connectivity index (χ0) is 9.47. The summed E-state index contributed by atoms with van der Waals surface area (Å²) in [6.45, 7) is 7.63. The van der Waals surface area contributed by atoms with E-state index >= 15 is 0 Å². The van der Waals surface area contributed by atoms with Crippen LogP contribution in [0.5, 0.6) is 0 Å². The van der Waals surface area contributed by atoms with Gasteiger partial charge >= 0.3 is 0 Å². The van der Waals surface area contributed by atoms with Crippen LogP contribution in [0, 0.1) is 17.3 Å². The van der Waals surface area contributed by atoms with E-state index < -0.39 is 0 Å². The Morgan fingerprint density at radius 1 is 1.23 bits per heavy atom. The largest absolute Gasteiger partial charge is 0.306 e. The maximum absolute atomic E-state index is 2.52. The lowest BCUT2D eigenvalue weighted by atomic mass is 9.62. The molecular weight excluding hydrogens is 158 g/mol. The molecule has 3 unspecified atom stereocenters. The van der Waals surface area contributed by atoms with Gasteiger partial charge in [-0.2, -0.15) is 0 Å². The molecule has 2 aliphatic rings. The fourth-order valence-corrected chi connectivity index (χ4v) is 3.54. The van der Waals surface area contributed by atoms with E-state index in [9.17, 15) is 0 Å². The second kappa shape index (κ2) is 3.27. The number of likely N-dealkylation sites (tertiary alicyclic amines) is 1. The second-order valence-corrected chi connectivity index (χ2v) is 5.51. The van der Waals surface area contributed by atoms with E-state index in [0.717, 1.165) is 11.8 Å². The van der Waals surface area contributed by atoms with Crippen LogP contribution in [-0.2, 0) is 0 Å². The maximum atomic E-state index is 2.52. The van der Waals surface area contributed by atoms with E-state index in [0.29, 0.717) is 5.41 Å². The average molecular weight is 181 g/mol. The van der Waals surface area contributed by atoms with E-state index in [4.69, 9.17) is 0 Å². The zero-order valence-corrected chi connectivity index (χ0v) is 9.34. The van der Waals surface area contributed by atoms with Gasteiger partial charge in [0.05, 0.1) is 0 Å². The Kier molecular flexibility index (Phi) is 2.39. The molecule has 1 nitrogen and oxygen atoms in total. The molecule has 76 valence electrons. The zero-order valence-electron chi connectivity index (χ0n) is 9.34. The Morgan fingerprint density at radius 3 is 2.62 bits per heavy atom. The molecule has 0 aromatic rings. The topological polar surface area (TPSA) is 3.24 Å². The highest BCUT2D eigenvalue weighted by molar-refractivity contribution is 4.96. The summed E-state index contributed by atoms with van der Waals surface area (Å²) in [5.41, 5.74) is 0.701. The Hall–Kier alpha value is -0.0400. The lowest BCUT2D eigenvalue weighted by Crippen LogP contribution is -2.38. The van der Waals surface area contributed by atoms with E-state index in [-0.39, 0.29) is 0 Å². The molecule has 0 bridgehead atoms. The molecule has 1 aliphatic carbocycles. The average Bonchev–Trinajstić information content (AvgIpc) is 2.45. The fourth-order valence-electron chi connectivity index (χ4n) is 3.54. The summed E-state index contributed by atoms with van der Waals surface area (Å²) in [7, 11) is 2.28. The molecule has 3 atom stereocenters. The Morgan fingerprint density at radius 2 is 2.00 bits per heavy atom. The van der Waals surface area contributed by atoms with Crippen LogP contribution in [0.1, 0.15) is 39.5 Å². The fraction of sp³-hybridized carbons (Fsp3) is 1.00. The number of hydrogen-bond acceptors (Lipinski definition) is 1. The molecular formula is C12H23N. The number of nitrogens with zero attached hydrogens (tertiary/aromatic N) is 1. The first kappa shape index (κ1) is 9.51. The molecule has 1 saturated heterocycles. The lowest BCUT2D eigenvalue weighted by molar-refractivity contribution is 0.0718. The first-order chi connectivity index (χ1) is 6.14. The van der Waals surface area contributed by atoms with Crippen LogP contribution >= 0.6 is 0 Å². The van der Waals surface area contributed by atoms with Gasteiger partial charge < -0.3 is 4.90 Å². The molecule has 1 aliphatic heterocycles. The second-order valence-electron chi connectivity index (χ2n) is 5.51. The third kappa shape index (κ3) is 1.52. The Bertz CT molecular complexity index is 186. The molecule has 0 aromatic carbocycles. The molecule has 1 heterocycles. The van der Waals surface area contributed by atoms with Crippen LogP contribution in [-0.4, -0.2) is 25.0 Å². The summed E-state index contributed by atoms with van der Waals surface area (Å²) in [4.78, 5) is 2.52. The smallest absolute Gasteiger partial charge is 0.00381 e. The van der Waals surface area contributed by atoms with Crippen LogP contribution < -0.4 is 0 Å². The Labute approximate surface area is 82.5 Å². The first-order valence-corrected chi connectivity index (χ1v) is 5.83. The van der Waals surface area contributed by atoms with Gasteiger partial charge in [-0.25, -0.2) is 0 Å². The summed E-state index contributed by atoms with van der Waals surface area (Å²) in [6.07, 6.45) is 5.88. The van der Waals surface area contributed by atoms with Gasteiger partial charge in [-0.3, -0.25) is 0 Å². The highest BCUT2D eigenvalue weighted by Crippen LogP contribution is 2.49. The van der Waals surface area contributed by atoms with Crippen molar-refractivity contribution < 1.29 is 0 Å². The van der Waals surface area contributed by atoms with E-state index in [2.05, 4.69) is 25.8 Å². The van der Waals surface area contributed by atoms with Crippen molar-refractivity contribution in [3.05, 3.63) is 0 Å². The van der Waals surface area contributed by atoms with Gasteiger partial charge in [0.2, 0.25) is 0 Å². The minimum Gasteiger partial charge on any atom is -0.306 e. The molecule has 0 radical (unpaired) electrons. The van der Waals surface area contributed by atoms with Crippen LogP contribution in [0.4, 0.5) is 0 Å². The number of hydrogen-bond donors (Lipinski definition) is 0.